The summed E-state index contributed by atoms with van der Waals surface area (Å²) in [5, 5.41) is 15.4. The number of halogens is 2. The van der Waals surface area contributed by atoms with Crippen LogP contribution in [0.3, 0.4) is 0 Å². The number of rotatable bonds is 9. The van der Waals surface area contributed by atoms with Crippen LogP contribution in [0.15, 0.2) is 42.5 Å². The number of anilines is 1. The first-order valence-corrected chi connectivity index (χ1v) is 11.5. The van der Waals surface area contributed by atoms with Gasteiger partial charge in [-0.3, -0.25) is 14.5 Å². The third-order valence-corrected chi connectivity index (χ3v) is 6.17. The molecule has 0 atom stereocenters. The van der Waals surface area contributed by atoms with Gasteiger partial charge in [-0.25, -0.2) is 0 Å². The van der Waals surface area contributed by atoms with Crippen LogP contribution in [0.2, 0.25) is 10.0 Å². The van der Waals surface area contributed by atoms with E-state index >= 15 is 0 Å². The van der Waals surface area contributed by atoms with Crippen LogP contribution in [0.5, 0.6) is 0 Å². The van der Waals surface area contributed by atoms with Gasteiger partial charge in [0, 0.05) is 6.54 Å². The van der Waals surface area contributed by atoms with Crippen molar-refractivity contribution < 1.29 is 9.59 Å². The zero-order valence-electron chi connectivity index (χ0n) is 17.7. The van der Waals surface area contributed by atoms with Gasteiger partial charge in [0.25, 0.3) is 5.91 Å². The van der Waals surface area contributed by atoms with Crippen LogP contribution in [0.25, 0.3) is 0 Å². The number of benzene rings is 2. The molecule has 0 aliphatic carbocycles. The molecule has 0 radical (unpaired) electrons. The van der Waals surface area contributed by atoms with Gasteiger partial charge >= 0.3 is 0 Å². The van der Waals surface area contributed by atoms with E-state index in [1.807, 2.05) is 43.0 Å². The Kier molecular flexibility index (Phi) is 8.58. The first-order valence-electron chi connectivity index (χ1n) is 9.98. The molecule has 7 nitrogen and oxygen atoms in total. The monoisotopic (exact) mass is 491 g/mol. The summed E-state index contributed by atoms with van der Waals surface area (Å²) in [4.78, 5) is 26.7. The number of aromatic nitrogens is 2. The van der Waals surface area contributed by atoms with E-state index in [0.29, 0.717) is 40.4 Å². The Morgan fingerprint density at radius 1 is 1.06 bits per heavy atom. The topological polar surface area (TPSA) is 87.2 Å². The Bertz CT molecular complexity index is 1070. The van der Waals surface area contributed by atoms with E-state index in [2.05, 4.69) is 20.8 Å². The van der Waals surface area contributed by atoms with Gasteiger partial charge in [-0.1, -0.05) is 77.4 Å². The van der Waals surface area contributed by atoms with Crippen LogP contribution in [-0.2, 0) is 17.9 Å². The zero-order chi connectivity index (χ0) is 23.1. The summed E-state index contributed by atoms with van der Waals surface area (Å²) in [6.07, 6.45) is 0. The standard InChI is InChI=1S/C22H23Cl2N5O2S/c1-3-29(12-18(30)26-20-16(23)5-4-6-17(20)24)13-19-27-28-22(32-19)21(31)25-11-15-9-7-14(2)8-10-15/h4-10H,3,11-13H2,1-2H3,(H,25,31)(H,26,30). The Morgan fingerprint density at radius 2 is 1.75 bits per heavy atom. The van der Waals surface area contributed by atoms with Crippen LogP contribution in [0, 0.1) is 6.92 Å². The van der Waals surface area contributed by atoms with Gasteiger partial charge in [0.1, 0.15) is 5.01 Å². The third-order valence-electron chi connectivity index (χ3n) is 4.64. The molecule has 3 aromatic rings. The summed E-state index contributed by atoms with van der Waals surface area (Å²) in [6.45, 7) is 5.49. The van der Waals surface area contributed by atoms with Crippen molar-refractivity contribution in [2.75, 3.05) is 18.4 Å². The largest absolute Gasteiger partial charge is 0.346 e. The zero-order valence-corrected chi connectivity index (χ0v) is 20.0. The van der Waals surface area contributed by atoms with Crippen LogP contribution in [0.4, 0.5) is 5.69 Å². The van der Waals surface area contributed by atoms with Crippen LogP contribution in [0.1, 0.15) is 32.9 Å². The second kappa shape index (κ2) is 11.4. The lowest BCUT2D eigenvalue weighted by molar-refractivity contribution is -0.117. The Hall–Kier alpha value is -2.52. The van der Waals surface area contributed by atoms with Crippen LogP contribution < -0.4 is 10.6 Å². The molecule has 10 heteroatoms. The lowest BCUT2D eigenvalue weighted by atomic mass is 10.1. The molecule has 2 aromatic carbocycles. The maximum atomic E-state index is 12.5. The number of para-hydroxylation sites is 1. The highest BCUT2D eigenvalue weighted by Gasteiger charge is 2.17. The predicted octanol–water partition coefficient (Wildman–Crippen LogP) is 4.54. The number of hydrogen-bond acceptors (Lipinski definition) is 6. The van der Waals surface area contributed by atoms with Crippen molar-refractivity contribution >= 4 is 52.0 Å². The molecule has 0 fully saturated rings. The third kappa shape index (κ3) is 6.74. The van der Waals surface area contributed by atoms with Crippen molar-refractivity contribution in [3.63, 3.8) is 0 Å². The Labute approximate surface area is 200 Å². The molecule has 1 aromatic heterocycles. The lowest BCUT2D eigenvalue weighted by Crippen LogP contribution is -2.32. The fraction of sp³-hybridized carbons (Fsp3) is 0.273. The fourth-order valence-electron chi connectivity index (χ4n) is 2.84. The normalized spacial score (nSPS) is 10.9. The lowest BCUT2D eigenvalue weighted by Gasteiger charge is -2.18. The van der Waals surface area contributed by atoms with E-state index in [0.717, 1.165) is 11.1 Å². The van der Waals surface area contributed by atoms with E-state index in [-0.39, 0.29) is 23.4 Å². The van der Waals surface area contributed by atoms with Crippen molar-refractivity contribution in [1.82, 2.24) is 20.4 Å². The van der Waals surface area contributed by atoms with Gasteiger partial charge in [0.15, 0.2) is 0 Å². The molecule has 0 bridgehead atoms. The van der Waals surface area contributed by atoms with Crippen LogP contribution in [-0.4, -0.2) is 40.0 Å². The second-order valence-electron chi connectivity index (χ2n) is 7.12. The molecule has 32 heavy (non-hydrogen) atoms. The van der Waals surface area contributed by atoms with Gasteiger partial charge < -0.3 is 10.6 Å². The SMILES string of the molecule is CCN(CC(=O)Nc1c(Cl)cccc1Cl)Cc1nnc(C(=O)NCc2ccc(C)cc2)s1. The number of carbonyl (C=O) groups is 2. The van der Waals surface area contributed by atoms with Gasteiger partial charge in [-0.15, -0.1) is 10.2 Å². The first-order chi connectivity index (χ1) is 15.4. The average Bonchev–Trinajstić information content (AvgIpc) is 3.24. The van der Waals surface area contributed by atoms with Gasteiger partial charge in [-0.2, -0.15) is 0 Å². The number of likely N-dealkylation sites (N-methyl/N-ethyl adjacent to an activating group) is 1. The van der Waals surface area contributed by atoms with Crippen LogP contribution >= 0.6 is 34.5 Å². The highest BCUT2D eigenvalue weighted by atomic mass is 35.5. The maximum Gasteiger partial charge on any atom is 0.282 e. The van der Waals surface area contributed by atoms with E-state index in [1.54, 1.807) is 18.2 Å². The smallest absolute Gasteiger partial charge is 0.282 e. The molecule has 1 heterocycles. The molecule has 0 spiro atoms. The number of nitrogens with one attached hydrogen (secondary N) is 2. The molecule has 2 amide bonds. The summed E-state index contributed by atoms with van der Waals surface area (Å²) in [7, 11) is 0. The van der Waals surface area contributed by atoms with E-state index in [9.17, 15) is 9.59 Å². The van der Waals surface area contributed by atoms with Gasteiger partial charge in [0.2, 0.25) is 10.9 Å². The van der Waals surface area contributed by atoms with Crippen molar-refractivity contribution in [3.05, 3.63) is 73.7 Å². The summed E-state index contributed by atoms with van der Waals surface area (Å²) in [5.41, 5.74) is 2.56. The molecule has 0 saturated heterocycles. The molecule has 0 unspecified atom stereocenters. The van der Waals surface area contributed by atoms with Crippen molar-refractivity contribution in [2.45, 2.75) is 26.9 Å². The summed E-state index contributed by atoms with van der Waals surface area (Å²) in [5.74, 6) is -0.522. The minimum absolute atomic E-state index is 0.118. The quantitative estimate of drug-likeness (QED) is 0.458. The molecular weight excluding hydrogens is 469 g/mol. The van der Waals surface area contributed by atoms with Gasteiger partial charge in [0.05, 0.1) is 28.8 Å². The molecule has 2 N–H and O–H groups in total. The second-order valence-corrected chi connectivity index (χ2v) is 8.99. The van der Waals surface area contributed by atoms with E-state index in [1.165, 1.54) is 11.3 Å². The van der Waals surface area contributed by atoms with Crippen molar-refractivity contribution in [3.8, 4) is 0 Å². The number of nitrogens with zero attached hydrogens (tertiary/aromatic N) is 3. The number of amides is 2. The highest BCUT2D eigenvalue weighted by molar-refractivity contribution is 7.13. The first kappa shape index (κ1) is 24.1. The molecular formula is C22H23Cl2N5O2S. The van der Waals surface area contributed by atoms with Crippen molar-refractivity contribution in [1.29, 1.82) is 0 Å². The van der Waals surface area contributed by atoms with E-state index < -0.39 is 0 Å². The average molecular weight is 492 g/mol. The highest BCUT2D eigenvalue weighted by Crippen LogP contribution is 2.29. The molecule has 0 saturated carbocycles. The van der Waals surface area contributed by atoms with E-state index in [4.69, 9.17) is 23.2 Å². The Balaban J connectivity index is 1.53. The number of carbonyl (C=O) groups excluding carboxylic acids is 2. The number of hydrogen-bond donors (Lipinski definition) is 2. The fourth-order valence-corrected chi connectivity index (χ4v) is 4.13. The van der Waals surface area contributed by atoms with Gasteiger partial charge in [-0.05, 0) is 31.2 Å². The maximum absolute atomic E-state index is 12.5. The molecule has 0 aliphatic heterocycles. The molecule has 3 rings (SSSR count). The summed E-state index contributed by atoms with van der Waals surface area (Å²) in [6, 6.07) is 13.0. The number of aryl methyl sites for hydroxylation is 1. The molecule has 168 valence electrons. The molecule has 0 aliphatic rings. The minimum atomic E-state index is -0.275. The summed E-state index contributed by atoms with van der Waals surface area (Å²) < 4.78 is 0. The predicted molar refractivity (Wildman–Crippen MR) is 128 cm³/mol. The van der Waals surface area contributed by atoms with Crippen molar-refractivity contribution in [2.24, 2.45) is 0 Å². The summed E-state index contributed by atoms with van der Waals surface area (Å²) >= 11 is 13.4. The Morgan fingerprint density at radius 3 is 2.41 bits per heavy atom. The minimum Gasteiger partial charge on any atom is -0.346 e.